The van der Waals surface area contributed by atoms with Gasteiger partial charge >= 0.3 is 0 Å². The lowest BCUT2D eigenvalue weighted by Gasteiger charge is -2.42. The Kier molecular flexibility index (Phi) is 3.58. The minimum Gasteiger partial charge on any atom is -0.495 e. The third-order valence-electron chi connectivity index (χ3n) is 4.23. The quantitative estimate of drug-likeness (QED) is 0.780. The molecular formula is C14H24O2. The van der Waals surface area contributed by atoms with Gasteiger partial charge in [0.15, 0.2) is 0 Å². The molecule has 2 rings (SSSR count). The first kappa shape index (κ1) is 12.0. The molecule has 1 aliphatic carbocycles. The standard InChI is InChI=1S/C14H24O2/c1-14(2)9-5-3-7-11(14)13(15)12-8-4-6-10-16-12/h8,11,13,15H,3-7,9-10H2,1-2H3. The van der Waals surface area contributed by atoms with Gasteiger partial charge in [-0.1, -0.05) is 26.7 Å². The van der Waals surface area contributed by atoms with Gasteiger partial charge in [0.25, 0.3) is 0 Å². The van der Waals surface area contributed by atoms with Crippen LogP contribution in [0.25, 0.3) is 0 Å². The molecule has 2 nitrogen and oxygen atoms in total. The average molecular weight is 224 g/mol. The Hall–Kier alpha value is -0.500. The number of ether oxygens (including phenoxy) is 1. The largest absolute Gasteiger partial charge is 0.495 e. The van der Waals surface area contributed by atoms with Gasteiger partial charge in [0, 0.05) is 0 Å². The molecule has 1 saturated carbocycles. The van der Waals surface area contributed by atoms with E-state index in [0.717, 1.165) is 31.6 Å². The first-order valence-corrected chi connectivity index (χ1v) is 6.62. The molecule has 1 heterocycles. The van der Waals surface area contributed by atoms with E-state index in [4.69, 9.17) is 4.74 Å². The Morgan fingerprint density at radius 3 is 2.81 bits per heavy atom. The zero-order valence-corrected chi connectivity index (χ0v) is 10.5. The Morgan fingerprint density at radius 2 is 2.19 bits per heavy atom. The highest BCUT2D eigenvalue weighted by Gasteiger charge is 2.39. The third kappa shape index (κ3) is 2.42. The van der Waals surface area contributed by atoms with Gasteiger partial charge in [-0.15, -0.1) is 0 Å². The zero-order chi connectivity index (χ0) is 11.6. The number of rotatable bonds is 2. The topological polar surface area (TPSA) is 29.5 Å². The minimum atomic E-state index is -0.379. The second-order valence-electron chi connectivity index (χ2n) is 5.88. The van der Waals surface area contributed by atoms with Crippen molar-refractivity contribution in [3.8, 4) is 0 Å². The maximum atomic E-state index is 10.4. The van der Waals surface area contributed by atoms with Crippen molar-refractivity contribution >= 4 is 0 Å². The van der Waals surface area contributed by atoms with Gasteiger partial charge in [0.2, 0.25) is 0 Å². The number of hydrogen-bond donors (Lipinski definition) is 1. The molecule has 2 aliphatic rings. The molecule has 0 aromatic heterocycles. The Labute approximate surface area is 98.7 Å². The number of aliphatic hydroxyl groups excluding tert-OH is 1. The Bertz CT molecular complexity index is 268. The SMILES string of the molecule is CC1(C)CCCCC1C(O)C1=CCCCO1. The molecule has 2 unspecified atom stereocenters. The van der Waals surface area contributed by atoms with Gasteiger partial charge in [0.05, 0.1) is 6.61 Å². The van der Waals surface area contributed by atoms with Crippen molar-refractivity contribution in [2.75, 3.05) is 6.61 Å². The third-order valence-corrected chi connectivity index (χ3v) is 4.23. The smallest absolute Gasteiger partial charge is 0.121 e. The summed E-state index contributed by atoms with van der Waals surface area (Å²) in [5, 5.41) is 10.4. The molecule has 1 fully saturated rings. The summed E-state index contributed by atoms with van der Waals surface area (Å²) in [6, 6.07) is 0. The van der Waals surface area contributed by atoms with Gasteiger partial charge in [-0.05, 0) is 43.1 Å². The highest BCUT2D eigenvalue weighted by atomic mass is 16.5. The van der Waals surface area contributed by atoms with Crippen LogP contribution in [0.15, 0.2) is 11.8 Å². The molecule has 16 heavy (non-hydrogen) atoms. The Balaban J connectivity index is 2.07. The molecule has 2 heteroatoms. The van der Waals surface area contributed by atoms with Gasteiger partial charge < -0.3 is 9.84 Å². The van der Waals surface area contributed by atoms with Crippen LogP contribution in [0.1, 0.15) is 52.4 Å². The van der Waals surface area contributed by atoms with Crippen molar-refractivity contribution in [3.05, 3.63) is 11.8 Å². The summed E-state index contributed by atoms with van der Waals surface area (Å²) in [5.41, 5.74) is 0.249. The van der Waals surface area contributed by atoms with Crippen LogP contribution < -0.4 is 0 Å². The van der Waals surface area contributed by atoms with E-state index in [1.54, 1.807) is 0 Å². The van der Waals surface area contributed by atoms with E-state index in [0.29, 0.717) is 5.92 Å². The van der Waals surface area contributed by atoms with Gasteiger partial charge in [-0.3, -0.25) is 0 Å². The summed E-state index contributed by atoms with van der Waals surface area (Å²) in [5.74, 6) is 1.21. The van der Waals surface area contributed by atoms with Crippen LogP contribution in [0, 0.1) is 11.3 Å². The lowest BCUT2D eigenvalue weighted by atomic mass is 9.66. The molecule has 0 saturated heterocycles. The monoisotopic (exact) mass is 224 g/mol. The van der Waals surface area contributed by atoms with Crippen LogP contribution in [-0.2, 0) is 4.74 Å². The zero-order valence-electron chi connectivity index (χ0n) is 10.5. The van der Waals surface area contributed by atoms with Gasteiger partial charge in [-0.2, -0.15) is 0 Å². The van der Waals surface area contributed by atoms with Gasteiger partial charge in [-0.25, -0.2) is 0 Å². The van der Waals surface area contributed by atoms with E-state index in [1.807, 2.05) is 0 Å². The second-order valence-corrected chi connectivity index (χ2v) is 5.88. The van der Waals surface area contributed by atoms with E-state index in [2.05, 4.69) is 19.9 Å². The molecule has 2 atom stereocenters. The summed E-state index contributed by atoms with van der Waals surface area (Å²) in [7, 11) is 0. The summed E-state index contributed by atoms with van der Waals surface area (Å²) in [6.07, 6.45) is 8.75. The maximum Gasteiger partial charge on any atom is 0.121 e. The molecule has 0 amide bonds. The van der Waals surface area contributed by atoms with Crippen LogP contribution >= 0.6 is 0 Å². The normalized spacial score (nSPS) is 31.4. The molecule has 92 valence electrons. The van der Waals surface area contributed by atoms with Crippen molar-refractivity contribution < 1.29 is 9.84 Å². The van der Waals surface area contributed by atoms with Crippen molar-refractivity contribution in [1.29, 1.82) is 0 Å². The van der Waals surface area contributed by atoms with Gasteiger partial charge in [0.1, 0.15) is 11.9 Å². The second kappa shape index (κ2) is 4.79. The van der Waals surface area contributed by atoms with Crippen LogP contribution in [0.4, 0.5) is 0 Å². The molecule has 0 aromatic rings. The lowest BCUT2D eigenvalue weighted by Crippen LogP contribution is -2.38. The first-order chi connectivity index (χ1) is 7.61. The van der Waals surface area contributed by atoms with E-state index < -0.39 is 0 Å². The molecule has 0 radical (unpaired) electrons. The van der Waals surface area contributed by atoms with Crippen LogP contribution in [0.2, 0.25) is 0 Å². The molecule has 1 N–H and O–H groups in total. The minimum absolute atomic E-state index is 0.249. The first-order valence-electron chi connectivity index (χ1n) is 6.62. The molecule has 0 aromatic carbocycles. The van der Waals surface area contributed by atoms with E-state index in [9.17, 15) is 5.11 Å². The summed E-state index contributed by atoms with van der Waals surface area (Å²) in [4.78, 5) is 0. The van der Waals surface area contributed by atoms with E-state index in [1.165, 1.54) is 19.3 Å². The highest BCUT2D eigenvalue weighted by molar-refractivity contribution is 5.07. The number of aliphatic hydroxyl groups is 1. The predicted molar refractivity (Wildman–Crippen MR) is 65.0 cm³/mol. The van der Waals surface area contributed by atoms with Crippen LogP contribution in [0.5, 0.6) is 0 Å². The predicted octanol–water partition coefficient (Wildman–Crippen LogP) is 3.26. The number of hydrogen-bond acceptors (Lipinski definition) is 2. The average Bonchev–Trinajstić information content (AvgIpc) is 2.29. The van der Waals surface area contributed by atoms with Crippen LogP contribution in [0.3, 0.4) is 0 Å². The van der Waals surface area contributed by atoms with Crippen molar-refractivity contribution in [2.24, 2.45) is 11.3 Å². The summed E-state index contributed by atoms with van der Waals surface area (Å²) < 4.78 is 5.60. The fraction of sp³-hybridized carbons (Fsp3) is 0.857. The summed E-state index contributed by atoms with van der Waals surface area (Å²) >= 11 is 0. The maximum absolute atomic E-state index is 10.4. The van der Waals surface area contributed by atoms with E-state index in [-0.39, 0.29) is 11.5 Å². The fourth-order valence-electron chi connectivity index (χ4n) is 3.09. The molecule has 0 spiro atoms. The van der Waals surface area contributed by atoms with Crippen molar-refractivity contribution in [1.82, 2.24) is 0 Å². The van der Waals surface area contributed by atoms with Crippen molar-refractivity contribution in [2.45, 2.75) is 58.5 Å². The lowest BCUT2D eigenvalue weighted by molar-refractivity contribution is -0.0121. The van der Waals surface area contributed by atoms with Crippen molar-refractivity contribution in [3.63, 3.8) is 0 Å². The van der Waals surface area contributed by atoms with Crippen LogP contribution in [-0.4, -0.2) is 17.8 Å². The molecule has 1 aliphatic heterocycles. The Morgan fingerprint density at radius 1 is 1.38 bits per heavy atom. The number of allylic oxidation sites excluding steroid dienone is 1. The molecule has 0 bridgehead atoms. The highest BCUT2D eigenvalue weighted by Crippen LogP contribution is 2.44. The van der Waals surface area contributed by atoms with E-state index >= 15 is 0 Å². The fourth-order valence-corrected chi connectivity index (χ4v) is 3.09. The summed E-state index contributed by atoms with van der Waals surface area (Å²) in [6.45, 7) is 5.34. The molecular weight excluding hydrogens is 200 g/mol.